The minimum Gasteiger partial charge on any atom is -0.326 e. The second kappa shape index (κ2) is 4.12. The highest BCUT2D eigenvalue weighted by Crippen LogP contribution is 2.42. The highest BCUT2D eigenvalue weighted by atomic mass is 16.2. The highest BCUT2D eigenvalue weighted by molar-refractivity contribution is 5.80. The second-order valence-electron chi connectivity index (χ2n) is 5.14. The van der Waals surface area contributed by atoms with E-state index in [1.807, 2.05) is 4.90 Å². The summed E-state index contributed by atoms with van der Waals surface area (Å²) in [6.07, 6.45) is 6.75. The van der Waals surface area contributed by atoms with Gasteiger partial charge in [0, 0.05) is 6.54 Å². The van der Waals surface area contributed by atoms with E-state index in [1.165, 1.54) is 32.1 Å². The molecule has 2 aliphatic rings. The first kappa shape index (κ1) is 10.9. The number of carbonyl (C=O) groups excluding carboxylic acids is 1. The zero-order valence-corrected chi connectivity index (χ0v) is 9.88. The van der Waals surface area contributed by atoms with Crippen molar-refractivity contribution in [1.29, 1.82) is 0 Å². The Morgan fingerprint density at radius 2 is 2.13 bits per heavy atom. The van der Waals surface area contributed by atoms with Crippen molar-refractivity contribution in [3.63, 3.8) is 0 Å². The lowest BCUT2D eigenvalue weighted by Crippen LogP contribution is -2.42. The maximum atomic E-state index is 11.7. The quantitative estimate of drug-likeness (QED) is 0.769. The Labute approximate surface area is 92.2 Å². The van der Waals surface area contributed by atoms with Gasteiger partial charge in [0.15, 0.2) is 0 Å². The molecule has 1 aliphatic heterocycles. The molecule has 3 heteroatoms. The molecule has 86 valence electrons. The van der Waals surface area contributed by atoms with Gasteiger partial charge in [-0.15, -0.1) is 0 Å². The lowest BCUT2D eigenvalue weighted by Gasteiger charge is -2.34. The summed E-state index contributed by atoms with van der Waals surface area (Å²) in [5.41, 5.74) is 0.427. The van der Waals surface area contributed by atoms with Gasteiger partial charge in [0.05, 0.1) is 12.7 Å². The van der Waals surface area contributed by atoms with Crippen molar-refractivity contribution in [3.05, 3.63) is 0 Å². The van der Waals surface area contributed by atoms with Gasteiger partial charge in [-0.05, 0) is 31.6 Å². The van der Waals surface area contributed by atoms with Crippen LogP contribution in [0, 0.1) is 5.41 Å². The van der Waals surface area contributed by atoms with Crippen LogP contribution in [0.2, 0.25) is 0 Å². The molecule has 3 nitrogen and oxygen atoms in total. The summed E-state index contributed by atoms with van der Waals surface area (Å²) in [6.45, 7) is 5.85. The van der Waals surface area contributed by atoms with Gasteiger partial charge < -0.3 is 4.90 Å². The molecule has 0 aromatic carbocycles. The van der Waals surface area contributed by atoms with Crippen LogP contribution >= 0.6 is 0 Å². The largest absolute Gasteiger partial charge is 0.326 e. The van der Waals surface area contributed by atoms with Crippen molar-refractivity contribution >= 4 is 5.91 Å². The van der Waals surface area contributed by atoms with Crippen molar-refractivity contribution in [2.75, 3.05) is 13.1 Å². The molecule has 2 rings (SSSR count). The number of hydrogen-bond donors (Lipinski definition) is 1. The molecule has 1 saturated carbocycles. The van der Waals surface area contributed by atoms with Gasteiger partial charge in [-0.1, -0.05) is 19.8 Å². The monoisotopic (exact) mass is 210 g/mol. The van der Waals surface area contributed by atoms with E-state index in [0.29, 0.717) is 12.0 Å². The number of nitrogens with one attached hydrogen (secondary N) is 1. The Morgan fingerprint density at radius 1 is 1.47 bits per heavy atom. The van der Waals surface area contributed by atoms with Gasteiger partial charge in [0.25, 0.3) is 0 Å². The van der Waals surface area contributed by atoms with E-state index >= 15 is 0 Å². The molecule has 1 N–H and O–H groups in total. The Hall–Kier alpha value is -0.570. The van der Waals surface area contributed by atoms with Gasteiger partial charge in [0.1, 0.15) is 0 Å². The molecule has 2 fully saturated rings. The Morgan fingerprint density at radius 3 is 2.60 bits per heavy atom. The van der Waals surface area contributed by atoms with Crippen LogP contribution in [0.5, 0.6) is 0 Å². The normalized spacial score (nSPS) is 30.1. The third-order valence-corrected chi connectivity index (χ3v) is 4.26. The first-order chi connectivity index (χ1) is 7.17. The molecule has 1 unspecified atom stereocenters. The molecular formula is C12H22N2O. The van der Waals surface area contributed by atoms with Crippen molar-refractivity contribution in [2.45, 2.75) is 52.1 Å². The molecule has 1 saturated heterocycles. The van der Waals surface area contributed by atoms with Crippen LogP contribution in [-0.4, -0.2) is 30.1 Å². The zero-order valence-electron chi connectivity index (χ0n) is 9.88. The summed E-state index contributed by atoms with van der Waals surface area (Å²) in [7, 11) is 0. The van der Waals surface area contributed by atoms with Crippen LogP contribution in [0.3, 0.4) is 0 Å². The molecule has 1 amide bonds. The van der Waals surface area contributed by atoms with Crippen molar-refractivity contribution in [1.82, 2.24) is 10.2 Å². The minimum atomic E-state index is 0.238. The lowest BCUT2D eigenvalue weighted by molar-refractivity contribution is -0.129. The van der Waals surface area contributed by atoms with Gasteiger partial charge in [0.2, 0.25) is 5.91 Å². The standard InChI is InChI=1S/C12H22N2O/c1-3-12(6-4-5-7-12)9-14-10(2)13-8-11(14)15/h10,13H,3-9H2,1-2H3. The Bertz CT molecular complexity index is 246. The van der Waals surface area contributed by atoms with Crippen molar-refractivity contribution in [3.8, 4) is 0 Å². The van der Waals surface area contributed by atoms with Crippen LogP contribution in [0.1, 0.15) is 46.0 Å². The number of rotatable bonds is 3. The zero-order chi connectivity index (χ0) is 10.9. The van der Waals surface area contributed by atoms with Crippen LogP contribution in [-0.2, 0) is 4.79 Å². The molecule has 0 bridgehead atoms. The summed E-state index contributed by atoms with van der Waals surface area (Å²) in [5, 5.41) is 3.21. The predicted molar refractivity (Wildman–Crippen MR) is 60.4 cm³/mol. The van der Waals surface area contributed by atoms with Crippen molar-refractivity contribution < 1.29 is 4.79 Å². The summed E-state index contributed by atoms with van der Waals surface area (Å²) in [5.74, 6) is 0.280. The Kier molecular flexibility index (Phi) is 3.01. The van der Waals surface area contributed by atoms with Crippen LogP contribution in [0.4, 0.5) is 0 Å². The number of carbonyl (C=O) groups is 1. The van der Waals surface area contributed by atoms with E-state index in [4.69, 9.17) is 0 Å². The first-order valence-corrected chi connectivity index (χ1v) is 6.20. The highest BCUT2D eigenvalue weighted by Gasteiger charge is 2.38. The number of nitrogens with zero attached hydrogens (tertiary/aromatic N) is 1. The van der Waals surface area contributed by atoms with E-state index in [9.17, 15) is 4.79 Å². The maximum Gasteiger partial charge on any atom is 0.237 e. The topological polar surface area (TPSA) is 32.3 Å². The smallest absolute Gasteiger partial charge is 0.237 e. The van der Waals surface area contributed by atoms with Gasteiger partial charge in [-0.3, -0.25) is 10.1 Å². The third-order valence-electron chi connectivity index (χ3n) is 4.26. The first-order valence-electron chi connectivity index (χ1n) is 6.20. The number of amides is 1. The summed E-state index contributed by atoms with van der Waals surface area (Å²) in [4.78, 5) is 13.7. The molecular weight excluding hydrogens is 188 g/mol. The molecule has 1 aliphatic carbocycles. The second-order valence-corrected chi connectivity index (χ2v) is 5.14. The van der Waals surface area contributed by atoms with E-state index < -0.39 is 0 Å². The molecule has 0 spiro atoms. The van der Waals surface area contributed by atoms with E-state index in [0.717, 1.165) is 6.54 Å². The molecule has 0 radical (unpaired) electrons. The summed E-state index contributed by atoms with van der Waals surface area (Å²) in [6, 6.07) is 0. The average Bonchev–Trinajstić information content (AvgIpc) is 2.81. The number of hydrogen-bond acceptors (Lipinski definition) is 2. The fourth-order valence-electron chi connectivity index (χ4n) is 3.00. The van der Waals surface area contributed by atoms with E-state index in [-0.39, 0.29) is 12.1 Å². The molecule has 0 aromatic rings. The third kappa shape index (κ3) is 2.03. The van der Waals surface area contributed by atoms with Crippen LogP contribution < -0.4 is 5.32 Å². The fraction of sp³-hybridized carbons (Fsp3) is 0.917. The predicted octanol–water partition coefficient (Wildman–Crippen LogP) is 1.73. The average molecular weight is 210 g/mol. The van der Waals surface area contributed by atoms with Crippen LogP contribution in [0.25, 0.3) is 0 Å². The van der Waals surface area contributed by atoms with Crippen LogP contribution in [0.15, 0.2) is 0 Å². The van der Waals surface area contributed by atoms with Gasteiger partial charge in [-0.2, -0.15) is 0 Å². The molecule has 0 aromatic heterocycles. The maximum absolute atomic E-state index is 11.7. The Balaban J connectivity index is 2.02. The molecule has 15 heavy (non-hydrogen) atoms. The fourth-order valence-corrected chi connectivity index (χ4v) is 3.00. The minimum absolute atomic E-state index is 0.238. The summed E-state index contributed by atoms with van der Waals surface area (Å²) >= 11 is 0. The van der Waals surface area contributed by atoms with E-state index in [2.05, 4.69) is 19.2 Å². The van der Waals surface area contributed by atoms with E-state index in [1.54, 1.807) is 0 Å². The molecule has 1 atom stereocenters. The lowest BCUT2D eigenvalue weighted by atomic mass is 9.83. The van der Waals surface area contributed by atoms with Gasteiger partial charge in [-0.25, -0.2) is 0 Å². The van der Waals surface area contributed by atoms with Gasteiger partial charge >= 0.3 is 0 Å². The SMILES string of the molecule is CCC1(CN2C(=O)CNC2C)CCCC1. The van der Waals surface area contributed by atoms with Crippen molar-refractivity contribution in [2.24, 2.45) is 5.41 Å². The molecule has 1 heterocycles. The summed E-state index contributed by atoms with van der Waals surface area (Å²) < 4.78 is 0.